The molecule has 1 aliphatic rings. The Morgan fingerprint density at radius 2 is 1.93 bits per heavy atom. The van der Waals surface area contributed by atoms with Crippen molar-refractivity contribution in [2.75, 3.05) is 13.2 Å². The van der Waals surface area contributed by atoms with Crippen molar-refractivity contribution >= 4 is 5.91 Å². The van der Waals surface area contributed by atoms with Crippen LogP contribution in [-0.2, 0) is 6.54 Å². The van der Waals surface area contributed by atoms with E-state index in [9.17, 15) is 4.79 Å². The number of rotatable bonds is 6. The number of benzene rings is 2. The number of hydrogen-bond donors (Lipinski definition) is 1. The van der Waals surface area contributed by atoms with Gasteiger partial charge in [-0.15, -0.1) is 0 Å². The van der Waals surface area contributed by atoms with Gasteiger partial charge in [0.25, 0.3) is 5.91 Å². The third-order valence-corrected chi connectivity index (χ3v) is 4.71. The maximum atomic E-state index is 12.7. The second-order valence-electron chi connectivity index (χ2n) is 6.63. The summed E-state index contributed by atoms with van der Waals surface area (Å²) < 4.78 is 13.0. The molecule has 2 aromatic carbocycles. The van der Waals surface area contributed by atoms with Gasteiger partial charge < -0.3 is 14.8 Å². The van der Waals surface area contributed by atoms with Crippen LogP contribution in [0.25, 0.3) is 0 Å². The van der Waals surface area contributed by atoms with Crippen LogP contribution in [-0.4, -0.2) is 33.9 Å². The van der Waals surface area contributed by atoms with Crippen molar-refractivity contribution in [2.24, 2.45) is 0 Å². The molecule has 7 nitrogen and oxygen atoms in total. The van der Waals surface area contributed by atoms with Gasteiger partial charge in [0.2, 0.25) is 0 Å². The van der Waals surface area contributed by atoms with Crippen LogP contribution < -0.4 is 14.8 Å². The van der Waals surface area contributed by atoms with E-state index in [4.69, 9.17) is 9.47 Å². The van der Waals surface area contributed by atoms with E-state index in [1.165, 1.54) is 6.33 Å². The molecule has 0 radical (unpaired) electrons. The highest BCUT2D eigenvalue weighted by molar-refractivity contribution is 5.94. The van der Waals surface area contributed by atoms with Crippen LogP contribution in [0.1, 0.15) is 40.9 Å². The predicted octanol–water partition coefficient (Wildman–Crippen LogP) is 2.98. The molecular weight excluding hydrogens is 356 g/mol. The van der Waals surface area contributed by atoms with Gasteiger partial charge in [0.1, 0.15) is 25.9 Å². The van der Waals surface area contributed by atoms with Gasteiger partial charge in [-0.3, -0.25) is 4.79 Å². The molecule has 0 bridgehead atoms. The maximum Gasteiger partial charge on any atom is 0.251 e. The average Bonchev–Trinajstić information content (AvgIpc) is 3.25. The Kier molecular flexibility index (Phi) is 5.23. The summed E-state index contributed by atoms with van der Waals surface area (Å²) in [7, 11) is 0. The first-order valence-corrected chi connectivity index (χ1v) is 9.34. The van der Waals surface area contributed by atoms with E-state index < -0.39 is 0 Å². The van der Waals surface area contributed by atoms with E-state index in [0.717, 1.165) is 29.0 Å². The number of aromatic nitrogens is 3. The number of amides is 1. The highest BCUT2D eigenvalue weighted by Crippen LogP contribution is 2.33. The normalized spacial score (nSPS) is 13.8. The monoisotopic (exact) mass is 378 g/mol. The molecule has 0 fully saturated rings. The zero-order valence-electron chi connectivity index (χ0n) is 15.7. The lowest BCUT2D eigenvalue weighted by Crippen LogP contribution is -2.28. The van der Waals surface area contributed by atoms with E-state index in [0.29, 0.717) is 25.3 Å². The number of carbonyl (C=O) groups excluding carboxylic acids is 1. The third kappa shape index (κ3) is 3.98. The molecule has 0 saturated heterocycles. The largest absolute Gasteiger partial charge is 0.486 e. The standard InChI is InChI=1S/C21H22N4O3/c1-2-18(17-7-8-19-20(11-17)28-10-9-27-19)24-21(26)16-5-3-15(4-6-16)12-25-14-22-13-23-25/h3-8,11,13-14,18H,2,9-10,12H2,1H3,(H,24,26). The Hall–Kier alpha value is -3.35. The molecule has 1 atom stereocenters. The minimum Gasteiger partial charge on any atom is -0.486 e. The molecule has 1 N–H and O–H groups in total. The number of hydrogen-bond acceptors (Lipinski definition) is 5. The van der Waals surface area contributed by atoms with Gasteiger partial charge in [-0.2, -0.15) is 5.10 Å². The second-order valence-corrected chi connectivity index (χ2v) is 6.63. The Bertz CT molecular complexity index is 939. The first-order chi connectivity index (χ1) is 13.7. The summed E-state index contributed by atoms with van der Waals surface area (Å²) in [5, 5.41) is 7.20. The molecule has 28 heavy (non-hydrogen) atoms. The van der Waals surface area contributed by atoms with Crippen molar-refractivity contribution in [3.05, 3.63) is 71.8 Å². The minimum atomic E-state index is -0.103. The SMILES string of the molecule is CCC(NC(=O)c1ccc(Cn2cncn2)cc1)c1ccc2c(c1)OCCO2. The van der Waals surface area contributed by atoms with Crippen LogP contribution in [0, 0.1) is 0 Å². The van der Waals surface area contributed by atoms with E-state index in [1.54, 1.807) is 11.0 Å². The van der Waals surface area contributed by atoms with Gasteiger partial charge in [-0.25, -0.2) is 9.67 Å². The lowest BCUT2D eigenvalue weighted by atomic mass is 10.0. The van der Waals surface area contributed by atoms with Gasteiger partial charge in [0.05, 0.1) is 12.6 Å². The van der Waals surface area contributed by atoms with Crippen molar-refractivity contribution in [3.63, 3.8) is 0 Å². The van der Waals surface area contributed by atoms with Gasteiger partial charge in [-0.05, 0) is 41.8 Å². The Labute approximate surface area is 163 Å². The van der Waals surface area contributed by atoms with Gasteiger partial charge in [-0.1, -0.05) is 25.1 Å². The fourth-order valence-electron chi connectivity index (χ4n) is 3.20. The third-order valence-electron chi connectivity index (χ3n) is 4.71. The summed E-state index contributed by atoms with van der Waals surface area (Å²) in [5.41, 5.74) is 2.68. The molecule has 1 aromatic heterocycles. The minimum absolute atomic E-state index is 0.0989. The Balaban J connectivity index is 1.44. The summed E-state index contributed by atoms with van der Waals surface area (Å²) in [6.07, 6.45) is 3.94. The van der Waals surface area contributed by atoms with E-state index in [-0.39, 0.29) is 11.9 Å². The zero-order valence-corrected chi connectivity index (χ0v) is 15.7. The molecule has 0 aliphatic carbocycles. The molecule has 1 unspecified atom stereocenters. The molecule has 0 spiro atoms. The predicted molar refractivity (Wildman–Crippen MR) is 103 cm³/mol. The van der Waals surface area contributed by atoms with Crippen LogP contribution in [0.3, 0.4) is 0 Å². The van der Waals surface area contributed by atoms with Crippen LogP contribution in [0.4, 0.5) is 0 Å². The maximum absolute atomic E-state index is 12.7. The molecular formula is C21H22N4O3. The van der Waals surface area contributed by atoms with E-state index in [1.807, 2.05) is 49.4 Å². The highest BCUT2D eigenvalue weighted by Gasteiger charge is 2.18. The fourth-order valence-corrected chi connectivity index (χ4v) is 3.20. The summed E-state index contributed by atoms with van der Waals surface area (Å²) in [4.78, 5) is 16.6. The molecule has 1 amide bonds. The Morgan fingerprint density at radius 3 is 2.64 bits per heavy atom. The molecule has 4 rings (SSSR count). The van der Waals surface area contributed by atoms with Crippen molar-refractivity contribution in [1.29, 1.82) is 0 Å². The number of fused-ring (bicyclic) bond motifs is 1. The summed E-state index contributed by atoms with van der Waals surface area (Å²) in [6, 6.07) is 13.3. The van der Waals surface area contributed by atoms with Crippen molar-refractivity contribution < 1.29 is 14.3 Å². The number of carbonyl (C=O) groups is 1. The molecule has 3 aromatic rings. The summed E-state index contributed by atoms with van der Waals surface area (Å²) >= 11 is 0. The molecule has 2 heterocycles. The molecule has 1 aliphatic heterocycles. The highest BCUT2D eigenvalue weighted by atomic mass is 16.6. The quantitative estimate of drug-likeness (QED) is 0.713. The summed E-state index contributed by atoms with van der Waals surface area (Å²) in [5.74, 6) is 1.38. The average molecular weight is 378 g/mol. The van der Waals surface area contributed by atoms with Crippen LogP contribution in [0.2, 0.25) is 0 Å². The molecule has 144 valence electrons. The van der Waals surface area contributed by atoms with Gasteiger partial charge in [0, 0.05) is 5.56 Å². The van der Waals surface area contributed by atoms with Crippen LogP contribution in [0.15, 0.2) is 55.1 Å². The first-order valence-electron chi connectivity index (χ1n) is 9.34. The lowest BCUT2D eigenvalue weighted by Gasteiger charge is -2.22. The number of ether oxygens (including phenoxy) is 2. The number of nitrogens with zero attached hydrogens (tertiary/aromatic N) is 3. The zero-order chi connectivity index (χ0) is 19.3. The fraction of sp³-hybridized carbons (Fsp3) is 0.286. The smallest absolute Gasteiger partial charge is 0.251 e. The van der Waals surface area contributed by atoms with Gasteiger partial charge >= 0.3 is 0 Å². The van der Waals surface area contributed by atoms with Crippen molar-refractivity contribution in [1.82, 2.24) is 20.1 Å². The molecule has 7 heteroatoms. The van der Waals surface area contributed by atoms with Crippen LogP contribution in [0.5, 0.6) is 11.5 Å². The Morgan fingerprint density at radius 1 is 1.14 bits per heavy atom. The number of nitrogens with one attached hydrogen (secondary N) is 1. The van der Waals surface area contributed by atoms with Crippen molar-refractivity contribution in [2.45, 2.75) is 25.9 Å². The van der Waals surface area contributed by atoms with Gasteiger partial charge in [0.15, 0.2) is 11.5 Å². The topological polar surface area (TPSA) is 78.3 Å². The second kappa shape index (κ2) is 8.12. The first kappa shape index (κ1) is 18.0. The summed E-state index contributed by atoms with van der Waals surface area (Å²) in [6.45, 7) is 3.77. The lowest BCUT2D eigenvalue weighted by molar-refractivity contribution is 0.0935. The van der Waals surface area contributed by atoms with E-state index in [2.05, 4.69) is 15.4 Å². The molecule has 0 saturated carbocycles. The van der Waals surface area contributed by atoms with Crippen molar-refractivity contribution in [3.8, 4) is 11.5 Å². The van der Waals surface area contributed by atoms with E-state index >= 15 is 0 Å². The van der Waals surface area contributed by atoms with Crippen LogP contribution >= 0.6 is 0 Å².